The number of ether oxygens (including phenoxy) is 4. The van der Waals surface area contributed by atoms with Crippen molar-refractivity contribution in [2.45, 2.75) is 0 Å². The van der Waals surface area contributed by atoms with E-state index in [1.165, 1.54) is 0 Å². The van der Waals surface area contributed by atoms with E-state index in [4.69, 9.17) is 30.4 Å². The van der Waals surface area contributed by atoms with Gasteiger partial charge in [-0.25, -0.2) is 0 Å². The third-order valence-electron chi connectivity index (χ3n) is 4.75. The maximum Gasteiger partial charge on any atom is 0.185 e. The Bertz CT molecular complexity index is 1050. The Labute approximate surface area is 199 Å². The molecular weight excluding hydrogens is 432 g/mol. The summed E-state index contributed by atoms with van der Waals surface area (Å²) >= 11 is 0. The molecule has 34 heavy (non-hydrogen) atoms. The molecule has 7 nitrogen and oxygen atoms in total. The second-order valence-electron chi connectivity index (χ2n) is 7.35. The molecule has 3 aromatic rings. The highest BCUT2D eigenvalue weighted by Crippen LogP contribution is 2.23. The van der Waals surface area contributed by atoms with Gasteiger partial charge in [0.05, 0.1) is 32.1 Å². The first-order chi connectivity index (χ1) is 16.6. The minimum atomic E-state index is -0.0268. The Morgan fingerprint density at radius 3 is 2.06 bits per heavy atom. The van der Waals surface area contributed by atoms with Gasteiger partial charge in [-0.3, -0.25) is 4.79 Å². The molecule has 0 aromatic heterocycles. The number of nitrogen functional groups attached to an aromatic ring is 2. The SMILES string of the molecule is Nc1ccc(OCCOCCOCCOc2ccc(C=CC(=O)c3ccccc3)cc2)c(N)c1. The number of benzene rings is 3. The molecule has 4 N–H and O–H groups in total. The molecule has 0 spiro atoms. The fourth-order valence-electron chi connectivity index (χ4n) is 3.00. The smallest absolute Gasteiger partial charge is 0.185 e. The summed E-state index contributed by atoms with van der Waals surface area (Å²) in [6.07, 6.45) is 3.36. The van der Waals surface area contributed by atoms with Crippen molar-refractivity contribution in [1.29, 1.82) is 0 Å². The number of allylic oxidation sites excluding steroid dienone is 1. The second kappa shape index (κ2) is 13.7. The molecule has 178 valence electrons. The number of hydrogen-bond acceptors (Lipinski definition) is 7. The number of rotatable bonds is 14. The molecule has 0 unspecified atom stereocenters. The number of carbonyl (C=O) groups excluding carboxylic acids is 1. The monoisotopic (exact) mass is 462 g/mol. The van der Waals surface area contributed by atoms with Gasteiger partial charge in [0.15, 0.2) is 5.78 Å². The van der Waals surface area contributed by atoms with Gasteiger partial charge in [0, 0.05) is 11.3 Å². The summed E-state index contributed by atoms with van der Waals surface area (Å²) in [5, 5.41) is 0. The van der Waals surface area contributed by atoms with Gasteiger partial charge >= 0.3 is 0 Å². The van der Waals surface area contributed by atoms with Gasteiger partial charge < -0.3 is 30.4 Å². The Kier molecular flexibility index (Phi) is 9.98. The van der Waals surface area contributed by atoms with Crippen LogP contribution in [0.15, 0.2) is 78.9 Å². The summed E-state index contributed by atoms with van der Waals surface area (Å²) in [6.45, 7) is 2.64. The first-order valence-corrected chi connectivity index (χ1v) is 11.1. The van der Waals surface area contributed by atoms with E-state index in [0.717, 1.165) is 11.3 Å². The predicted octanol–water partition coefficient (Wildman–Crippen LogP) is 4.24. The minimum absolute atomic E-state index is 0.0268. The third-order valence-corrected chi connectivity index (χ3v) is 4.75. The van der Waals surface area contributed by atoms with Crippen molar-refractivity contribution in [2.75, 3.05) is 51.1 Å². The average Bonchev–Trinajstić information content (AvgIpc) is 2.86. The molecular formula is C27H30N2O5. The molecule has 0 saturated heterocycles. The molecule has 3 rings (SSSR count). The van der Waals surface area contributed by atoms with E-state index < -0.39 is 0 Å². The quantitative estimate of drug-likeness (QED) is 0.160. The van der Waals surface area contributed by atoms with Crippen molar-refractivity contribution >= 4 is 23.2 Å². The average molecular weight is 463 g/mol. The molecule has 0 amide bonds. The van der Waals surface area contributed by atoms with E-state index >= 15 is 0 Å². The van der Waals surface area contributed by atoms with Crippen LogP contribution in [0.25, 0.3) is 6.08 Å². The zero-order valence-electron chi connectivity index (χ0n) is 19.0. The highest BCUT2D eigenvalue weighted by molar-refractivity contribution is 6.06. The number of ketones is 1. The predicted molar refractivity (Wildman–Crippen MR) is 134 cm³/mol. The molecule has 0 saturated carbocycles. The minimum Gasteiger partial charge on any atom is -0.491 e. The van der Waals surface area contributed by atoms with E-state index in [9.17, 15) is 4.79 Å². The first-order valence-electron chi connectivity index (χ1n) is 11.1. The summed E-state index contributed by atoms with van der Waals surface area (Å²) in [4.78, 5) is 12.1. The van der Waals surface area contributed by atoms with Crippen LogP contribution in [0.2, 0.25) is 0 Å². The van der Waals surface area contributed by atoms with Crippen molar-refractivity contribution in [1.82, 2.24) is 0 Å². The topological polar surface area (TPSA) is 106 Å². The lowest BCUT2D eigenvalue weighted by molar-refractivity contribution is 0.0274. The zero-order chi connectivity index (χ0) is 24.0. The van der Waals surface area contributed by atoms with Gasteiger partial charge in [-0.05, 0) is 42.0 Å². The van der Waals surface area contributed by atoms with Gasteiger partial charge in [-0.1, -0.05) is 48.5 Å². The van der Waals surface area contributed by atoms with E-state index in [-0.39, 0.29) is 5.78 Å². The van der Waals surface area contributed by atoms with Gasteiger partial charge in [-0.15, -0.1) is 0 Å². The number of hydrogen-bond donors (Lipinski definition) is 2. The third kappa shape index (κ3) is 8.61. The Balaban J connectivity index is 1.22. The molecule has 0 aliphatic carbocycles. The molecule has 0 aliphatic heterocycles. The standard InChI is InChI=1S/C27H30N2O5/c28-23-9-13-27(25(29)20-23)34-19-17-32-15-14-31-16-18-33-24-10-6-21(7-11-24)8-12-26(30)22-4-2-1-3-5-22/h1-13,20H,14-19,28-29H2. The van der Waals surface area contributed by atoms with Crippen molar-refractivity contribution in [2.24, 2.45) is 0 Å². The van der Waals surface area contributed by atoms with E-state index in [1.807, 2.05) is 42.5 Å². The molecule has 0 fully saturated rings. The zero-order valence-corrected chi connectivity index (χ0v) is 19.0. The molecule has 0 aliphatic rings. The highest BCUT2D eigenvalue weighted by atomic mass is 16.6. The maximum absolute atomic E-state index is 12.1. The van der Waals surface area contributed by atoms with Crippen LogP contribution in [0, 0.1) is 0 Å². The number of anilines is 2. The fourth-order valence-corrected chi connectivity index (χ4v) is 3.00. The van der Waals surface area contributed by atoms with Crippen molar-refractivity contribution < 1.29 is 23.7 Å². The van der Waals surface area contributed by atoms with Crippen molar-refractivity contribution in [3.63, 3.8) is 0 Å². The van der Waals surface area contributed by atoms with Gasteiger partial charge in [0.1, 0.15) is 24.7 Å². The lowest BCUT2D eigenvalue weighted by Gasteiger charge is -2.10. The molecule has 0 bridgehead atoms. The van der Waals surface area contributed by atoms with Crippen LogP contribution in [0.4, 0.5) is 11.4 Å². The molecule has 7 heteroatoms. The lowest BCUT2D eigenvalue weighted by atomic mass is 10.1. The summed E-state index contributed by atoms with van der Waals surface area (Å²) in [6, 6.07) is 21.8. The second-order valence-corrected chi connectivity index (χ2v) is 7.35. The van der Waals surface area contributed by atoms with Crippen LogP contribution >= 0.6 is 0 Å². The van der Waals surface area contributed by atoms with Crippen LogP contribution in [0.5, 0.6) is 11.5 Å². The fraction of sp³-hybridized carbons (Fsp3) is 0.222. The van der Waals surface area contributed by atoms with Gasteiger partial charge in [0.25, 0.3) is 0 Å². The van der Waals surface area contributed by atoms with Crippen LogP contribution in [-0.4, -0.2) is 45.4 Å². The first kappa shape index (κ1) is 24.8. The van der Waals surface area contributed by atoms with E-state index in [0.29, 0.717) is 62.3 Å². The van der Waals surface area contributed by atoms with Crippen LogP contribution in [0.1, 0.15) is 15.9 Å². The molecule has 0 atom stereocenters. The summed E-state index contributed by atoms with van der Waals surface area (Å²) in [7, 11) is 0. The number of nitrogens with two attached hydrogens (primary N) is 2. The highest BCUT2D eigenvalue weighted by Gasteiger charge is 2.01. The molecule has 3 aromatic carbocycles. The maximum atomic E-state index is 12.1. The Morgan fingerprint density at radius 1 is 0.735 bits per heavy atom. The molecule has 0 heterocycles. The van der Waals surface area contributed by atoms with Crippen LogP contribution < -0.4 is 20.9 Å². The Morgan fingerprint density at radius 2 is 1.38 bits per heavy atom. The van der Waals surface area contributed by atoms with Crippen molar-refractivity contribution in [3.05, 3.63) is 90.0 Å². The van der Waals surface area contributed by atoms with Crippen molar-refractivity contribution in [3.8, 4) is 11.5 Å². The number of carbonyl (C=O) groups is 1. The summed E-state index contributed by atoms with van der Waals surface area (Å²) in [5.74, 6) is 1.31. The summed E-state index contributed by atoms with van der Waals surface area (Å²) in [5.41, 5.74) is 14.2. The summed E-state index contributed by atoms with van der Waals surface area (Å²) < 4.78 is 22.2. The lowest BCUT2D eigenvalue weighted by Crippen LogP contribution is -2.13. The van der Waals surface area contributed by atoms with Gasteiger partial charge in [0.2, 0.25) is 0 Å². The largest absolute Gasteiger partial charge is 0.491 e. The van der Waals surface area contributed by atoms with Crippen LogP contribution in [0.3, 0.4) is 0 Å². The molecule has 0 radical (unpaired) electrons. The van der Waals surface area contributed by atoms with Crippen LogP contribution in [-0.2, 0) is 9.47 Å². The van der Waals surface area contributed by atoms with E-state index in [2.05, 4.69) is 0 Å². The van der Waals surface area contributed by atoms with Gasteiger partial charge in [-0.2, -0.15) is 0 Å². The normalized spacial score (nSPS) is 10.9. The van der Waals surface area contributed by atoms with E-state index in [1.54, 1.807) is 42.5 Å². The Hall–Kier alpha value is -3.81.